The van der Waals surface area contributed by atoms with Crippen molar-refractivity contribution in [2.24, 2.45) is 0 Å². The molecule has 0 bridgehead atoms. The summed E-state index contributed by atoms with van der Waals surface area (Å²) in [6.07, 6.45) is -3.47. The molecule has 114 valence electrons. The van der Waals surface area contributed by atoms with Gasteiger partial charge >= 0.3 is 12.2 Å². The molecule has 0 saturated heterocycles. The Hall–Kier alpha value is -1.77. The largest absolute Gasteiger partial charge is 0.416 e. The molecule has 0 aromatic carbocycles. The third-order valence-electron chi connectivity index (χ3n) is 2.51. The summed E-state index contributed by atoms with van der Waals surface area (Å²) in [6, 6.07) is -0.746. The fraction of sp³-hybridized carbons (Fsp3) is 0.636. The number of halogens is 3. The van der Waals surface area contributed by atoms with Gasteiger partial charge in [-0.25, -0.2) is 4.79 Å². The van der Waals surface area contributed by atoms with Crippen LogP contribution in [0.1, 0.15) is 13.3 Å². The lowest BCUT2D eigenvalue weighted by Crippen LogP contribution is -2.43. The molecule has 1 aromatic rings. The molecule has 1 unspecified atom stereocenters. The quantitative estimate of drug-likeness (QED) is 0.868. The molecule has 2 N–H and O–H groups in total. The number of carbonyl (C=O) groups is 1. The van der Waals surface area contributed by atoms with Crippen LogP contribution in [-0.2, 0) is 6.54 Å². The van der Waals surface area contributed by atoms with Crippen LogP contribution in [-0.4, -0.2) is 51.7 Å². The predicted octanol–water partition coefficient (Wildman–Crippen LogP) is 1.68. The van der Waals surface area contributed by atoms with Crippen molar-refractivity contribution in [2.75, 3.05) is 18.9 Å². The maximum atomic E-state index is 12.2. The summed E-state index contributed by atoms with van der Waals surface area (Å²) in [7, 11) is 1.17. The van der Waals surface area contributed by atoms with E-state index in [9.17, 15) is 18.0 Å². The van der Waals surface area contributed by atoms with E-state index in [-0.39, 0.29) is 0 Å². The van der Waals surface area contributed by atoms with Gasteiger partial charge in [-0.2, -0.15) is 18.3 Å². The second-order valence-corrected chi connectivity index (χ2v) is 4.36. The van der Waals surface area contributed by atoms with Gasteiger partial charge in [-0.15, -0.1) is 0 Å². The summed E-state index contributed by atoms with van der Waals surface area (Å²) in [4.78, 5) is 12.4. The number of aliphatic hydroxyl groups excluding tert-OH is 1. The van der Waals surface area contributed by atoms with Crippen molar-refractivity contribution in [2.45, 2.75) is 32.2 Å². The number of hydrogen-bond donors (Lipinski definition) is 2. The van der Waals surface area contributed by atoms with Gasteiger partial charge in [0, 0.05) is 19.8 Å². The summed E-state index contributed by atoms with van der Waals surface area (Å²) in [5, 5.41) is 15.3. The predicted molar refractivity (Wildman–Crippen MR) is 66.2 cm³/mol. The lowest BCUT2D eigenvalue weighted by molar-refractivity contribution is -0.205. The fourth-order valence-corrected chi connectivity index (χ4v) is 1.44. The highest BCUT2D eigenvalue weighted by molar-refractivity contribution is 5.88. The number of nitrogens with zero attached hydrogens (tertiary/aromatic N) is 3. The Morgan fingerprint density at radius 2 is 2.25 bits per heavy atom. The minimum atomic E-state index is -4.75. The number of likely N-dealkylation sites (N-methyl/N-ethyl adjacent to an activating group) is 1. The second-order valence-electron chi connectivity index (χ2n) is 4.36. The molecule has 0 radical (unpaired) electrons. The third-order valence-corrected chi connectivity index (χ3v) is 2.51. The van der Waals surface area contributed by atoms with Gasteiger partial charge in [-0.05, 0) is 6.42 Å². The first kappa shape index (κ1) is 16.3. The van der Waals surface area contributed by atoms with Crippen molar-refractivity contribution in [3.05, 3.63) is 12.4 Å². The standard InChI is InChI=1S/C11H17F3N4O2/c1-3-4-18-6-8(5-15-18)16-10(20)17(2)7-9(19)11(12,13)14/h5-6,9,19H,3-4,7H2,1-2H3,(H,16,20). The number of nitrogens with one attached hydrogen (secondary N) is 1. The van der Waals surface area contributed by atoms with Crippen LogP contribution in [0, 0.1) is 0 Å². The number of urea groups is 1. The maximum absolute atomic E-state index is 12.2. The molecule has 20 heavy (non-hydrogen) atoms. The van der Waals surface area contributed by atoms with Crippen LogP contribution in [0.3, 0.4) is 0 Å². The molecule has 1 atom stereocenters. The van der Waals surface area contributed by atoms with Gasteiger partial charge in [0.05, 0.1) is 18.4 Å². The molecule has 1 heterocycles. The Balaban J connectivity index is 2.52. The topological polar surface area (TPSA) is 70.4 Å². The molecule has 0 aliphatic rings. The minimum Gasteiger partial charge on any atom is -0.382 e. The summed E-state index contributed by atoms with van der Waals surface area (Å²) in [5.74, 6) is 0. The molecule has 2 amide bonds. The molecule has 0 spiro atoms. The van der Waals surface area contributed by atoms with Gasteiger partial charge in [0.2, 0.25) is 0 Å². The molecule has 0 aliphatic carbocycles. The normalized spacial score (nSPS) is 13.1. The first-order chi connectivity index (χ1) is 9.24. The first-order valence-corrected chi connectivity index (χ1v) is 6.03. The number of aryl methyl sites for hydroxylation is 1. The molecule has 0 aliphatic heterocycles. The monoisotopic (exact) mass is 294 g/mol. The van der Waals surface area contributed by atoms with E-state index < -0.39 is 24.9 Å². The molecular formula is C11H17F3N4O2. The average Bonchev–Trinajstić information content (AvgIpc) is 2.75. The van der Waals surface area contributed by atoms with E-state index in [1.807, 2.05) is 6.92 Å². The number of carbonyl (C=O) groups excluding carboxylic acids is 1. The molecule has 0 saturated carbocycles. The number of aromatic nitrogens is 2. The average molecular weight is 294 g/mol. The number of aliphatic hydroxyl groups is 1. The highest BCUT2D eigenvalue weighted by Gasteiger charge is 2.39. The van der Waals surface area contributed by atoms with Crippen molar-refractivity contribution in [1.29, 1.82) is 0 Å². The molecular weight excluding hydrogens is 277 g/mol. The third kappa shape index (κ3) is 4.72. The SMILES string of the molecule is CCCn1cc(NC(=O)N(C)CC(O)C(F)(F)F)cn1. The van der Waals surface area contributed by atoms with Gasteiger partial charge in [0.25, 0.3) is 0 Å². The minimum absolute atomic E-state index is 0.386. The molecule has 1 aromatic heterocycles. The summed E-state index contributed by atoms with van der Waals surface area (Å²) < 4.78 is 38.1. The van der Waals surface area contributed by atoms with E-state index in [4.69, 9.17) is 5.11 Å². The molecule has 6 nitrogen and oxygen atoms in total. The van der Waals surface area contributed by atoms with Crippen molar-refractivity contribution in [3.8, 4) is 0 Å². The first-order valence-electron chi connectivity index (χ1n) is 6.03. The van der Waals surface area contributed by atoms with E-state index >= 15 is 0 Å². The molecule has 9 heteroatoms. The Morgan fingerprint density at radius 3 is 2.80 bits per heavy atom. The van der Waals surface area contributed by atoms with E-state index in [0.717, 1.165) is 11.3 Å². The zero-order chi connectivity index (χ0) is 15.3. The van der Waals surface area contributed by atoms with E-state index in [1.54, 1.807) is 10.9 Å². The maximum Gasteiger partial charge on any atom is 0.416 e. The van der Waals surface area contributed by atoms with Crippen LogP contribution < -0.4 is 5.32 Å². The molecule has 1 rings (SSSR count). The highest BCUT2D eigenvalue weighted by atomic mass is 19.4. The van der Waals surface area contributed by atoms with Crippen LogP contribution in [0.5, 0.6) is 0 Å². The van der Waals surface area contributed by atoms with Crippen LogP contribution >= 0.6 is 0 Å². The zero-order valence-electron chi connectivity index (χ0n) is 11.2. The van der Waals surface area contributed by atoms with Crippen LogP contribution in [0.25, 0.3) is 0 Å². The van der Waals surface area contributed by atoms with Gasteiger partial charge in [-0.3, -0.25) is 4.68 Å². The van der Waals surface area contributed by atoms with Crippen LogP contribution in [0.2, 0.25) is 0 Å². The Kier molecular flexibility index (Phi) is 5.37. The number of alkyl halides is 3. The summed E-state index contributed by atoms with van der Waals surface area (Å²) in [5.41, 5.74) is 0.386. The van der Waals surface area contributed by atoms with Crippen LogP contribution in [0.15, 0.2) is 12.4 Å². The van der Waals surface area contributed by atoms with Crippen molar-refractivity contribution < 1.29 is 23.1 Å². The highest BCUT2D eigenvalue weighted by Crippen LogP contribution is 2.20. The number of hydrogen-bond acceptors (Lipinski definition) is 3. The summed E-state index contributed by atoms with van der Waals surface area (Å²) >= 11 is 0. The molecule has 0 fully saturated rings. The van der Waals surface area contributed by atoms with Gasteiger partial charge in [0.1, 0.15) is 0 Å². The smallest absolute Gasteiger partial charge is 0.382 e. The van der Waals surface area contributed by atoms with Crippen LogP contribution in [0.4, 0.5) is 23.7 Å². The Labute approximate surface area is 114 Å². The Morgan fingerprint density at radius 1 is 1.60 bits per heavy atom. The van der Waals surface area contributed by atoms with Crippen molar-refractivity contribution in [1.82, 2.24) is 14.7 Å². The fourth-order valence-electron chi connectivity index (χ4n) is 1.44. The summed E-state index contributed by atoms with van der Waals surface area (Å²) in [6.45, 7) is 1.81. The zero-order valence-corrected chi connectivity index (χ0v) is 11.2. The second kappa shape index (κ2) is 6.60. The number of rotatable bonds is 5. The van der Waals surface area contributed by atoms with E-state index in [1.165, 1.54) is 13.2 Å². The van der Waals surface area contributed by atoms with Gasteiger partial charge in [0.15, 0.2) is 6.10 Å². The van der Waals surface area contributed by atoms with E-state index in [0.29, 0.717) is 12.2 Å². The lowest BCUT2D eigenvalue weighted by atomic mass is 10.3. The van der Waals surface area contributed by atoms with E-state index in [2.05, 4.69) is 10.4 Å². The van der Waals surface area contributed by atoms with Crippen molar-refractivity contribution >= 4 is 11.7 Å². The van der Waals surface area contributed by atoms with Crippen molar-refractivity contribution in [3.63, 3.8) is 0 Å². The number of anilines is 1. The Bertz CT molecular complexity index is 447. The number of amides is 2. The van der Waals surface area contributed by atoms with Gasteiger partial charge in [-0.1, -0.05) is 6.92 Å². The lowest BCUT2D eigenvalue weighted by Gasteiger charge is -2.22. The van der Waals surface area contributed by atoms with Gasteiger partial charge < -0.3 is 15.3 Å².